The highest BCUT2D eigenvalue weighted by Crippen LogP contribution is 2.26. The summed E-state index contributed by atoms with van der Waals surface area (Å²) in [6.07, 6.45) is 3.14. The molecule has 0 aromatic carbocycles. The third-order valence-corrected chi connectivity index (χ3v) is 3.01. The minimum Gasteiger partial charge on any atom is -0.494 e. The smallest absolute Gasteiger partial charge is 0.329 e. The number of nitrogens with zero attached hydrogens (tertiary/aromatic N) is 3. The van der Waals surface area contributed by atoms with E-state index in [9.17, 15) is 9.59 Å². The van der Waals surface area contributed by atoms with Crippen molar-refractivity contribution in [1.29, 1.82) is 0 Å². The molecule has 0 saturated heterocycles. The number of nitrogens with one attached hydrogen (secondary N) is 2. The van der Waals surface area contributed by atoms with Crippen molar-refractivity contribution in [3.8, 4) is 17.1 Å². The third kappa shape index (κ3) is 1.69. The lowest BCUT2D eigenvalue weighted by atomic mass is 10.2. The number of aromatic amines is 2. The average Bonchev–Trinajstić information content (AvgIpc) is 2.90. The summed E-state index contributed by atoms with van der Waals surface area (Å²) >= 11 is 0. The summed E-state index contributed by atoms with van der Waals surface area (Å²) < 4.78 is 6.47. The van der Waals surface area contributed by atoms with Crippen LogP contribution in [0.25, 0.3) is 22.6 Å². The molecule has 8 heteroatoms. The number of methoxy groups -OCH3 is 1. The summed E-state index contributed by atoms with van der Waals surface area (Å²) in [7, 11) is 3.06. The van der Waals surface area contributed by atoms with Crippen molar-refractivity contribution in [2.75, 3.05) is 7.11 Å². The molecule has 8 nitrogen and oxygen atoms in total. The van der Waals surface area contributed by atoms with Gasteiger partial charge in [0.05, 0.1) is 18.9 Å². The first kappa shape index (κ1) is 12.2. The molecule has 0 bridgehead atoms. The molecule has 3 heterocycles. The lowest BCUT2D eigenvalue weighted by Crippen LogP contribution is -2.28. The van der Waals surface area contributed by atoms with Crippen molar-refractivity contribution >= 4 is 11.2 Å². The van der Waals surface area contributed by atoms with Crippen molar-refractivity contribution < 1.29 is 4.74 Å². The van der Waals surface area contributed by atoms with Gasteiger partial charge in [0.25, 0.3) is 5.56 Å². The molecule has 0 radical (unpaired) electrons. The molecule has 3 rings (SSSR count). The Morgan fingerprint density at radius 2 is 2.10 bits per heavy atom. The number of pyridine rings is 1. The van der Waals surface area contributed by atoms with Crippen molar-refractivity contribution in [2.24, 2.45) is 7.05 Å². The zero-order chi connectivity index (χ0) is 14.3. The first-order valence-corrected chi connectivity index (χ1v) is 5.79. The first-order chi connectivity index (χ1) is 9.61. The number of rotatable bonds is 2. The molecule has 0 amide bonds. The van der Waals surface area contributed by atoms with Gasteiger partial charge >= 0.3 is 5.69 Å². The molecular formula is C12H11N5O3. The molecule has 0 aliphatic rings. The van der Waals surface area contributed by atoms with Crippen LogP contribution in [0.15, 0.2) is 28.0 Å². The summed E-state index contributed by atoms with van der Waals surface area (Å²) in [6.45, 7) is 0. The summed E-state index contributed by atoms with van der Waals surface area (Å²) in [5, 5.41) is 0. The van der Waals surface area contributed by atoms with E-state index < -0.39 is 11.2 Å². The maximum absolute atomic E-state index is 11.8. The van der Waals surface area contributed by atoms with Gasteiger partial charge in [0.2, 0.25) is 0 Å². The normalized spacial score (nSPS) is 10.9. The Bertz CT molecular complexity index is 905. The Morgan fingerprint density at radius 3 is 2.85 bits per heavy atom. The molecule has 102 valence electrons. The van der Waals surface area contributed by atoms with E-state index in [1.807, 2.05) is 0 Å². The fourth-order valence-corrected chi connectivity index (χ4v) is 1.97. The van der Waals surface area contributed by atoms with Crippen molar-refractivity contribution in [3.63, 3.8) is 0 Å². The van der Waals surface area contributed by atoms with Crippen LogP contribution in [0.4, 0.5) is 0 Å². The van der Waals surface area contributed by atoms with E-state index in [1.54, 1.807) is 18.5 Å². The molecule has 0 spiro atoms. The van der Waals surface area contributed by atoms with E-state index in [-0.39, 0.29) is 11.2 Å². The molecule has 3 aromatic rings. The van der Waals surface area contributed by atoms with E-state index in [2.05, 4.69) is 19.9 Å². The number of imidazole rings is 1. The van der Waals surface area contributed by atoms with E-state index in [1.165, 1.54) is 18.7 Å². The molecule has 20 heavy (non-hydrogen) atoms. The van der Waals surface area contributed by atoms with Gasteiger partial charge in [0.15, 0.2) is 5.65 Å². The van der Waals surface area contributed by atoms with Crippen LogP contribution in [0, 0.1) is 0 Å². The molecule has 0 fully saturated rings. The number of hydrogen-bond acceptors (Lipinski definition) is 5. The van der Waals surface area contributed by atoms with E-state index in [0.29, 0.717) is 17.1 Å². The van der Waals surface area contributed by atoms with Crippen LogP contribution < -0.4 is 16.0 Å². The second-order valence-electron chi connectivity index (χ2n) is 4.18. The zero-order valence-electron chi connectivity index (χ0n) is 10.8. The fraction of sp³-hybridized carbons (Fsp3) is 0.167. The van der Waals surface area contributed by atoms with Crippen molar-refractivity contribution in [1.82, 2.24) is 24.5 Å². The van der Waals surface area contributed by atoms with Crippen LogP contribution in [0.5, 0.6) is 5.75 Å². The van der Waals surface area contributed by atoms with E-state index in [4.69, 9.17) is 4.74 Å². The number of aryl methyl sites for hydroxylation is 1. The molecule has 0 saturated carbocycles. The molecule has 2 N–H and O–H groups in total. The maximum Gasteiger partial charge on any atom is 0.329 e. The molecule has 0 aliphatic heterocycles. The topological polar surface area (TPSA) is 106 Å². The highest BCUT2D eigenvalue weighted by molar-refractivity contribution is 5.76. The number of fused-ring (bicyclic) bond motifs is 1. The molecular weight excluding hydrogens is 262 g/mol. The standard InChI is InChI=1S/C12H11N5O3/c1-17-10-8(11(18)16-12(17)19)14-9(15-10)6-3-4-13-5-7(6)20-2/h3-5H,1-2H3,(H,14,15)(H,16,18,19). The van der Waals surface area contributed by atoms with Gasteiger partial charge in [-0.15, -0.1) is 0 Å². The summed E-state index contributed by atoms with van der Waals surface area (Å²) in [6, 6.07) is 1.71. The van der Waals surface area contributed by atoms with Crippen LogP contribution in [-0.4, -0.2) is 31.6 Å². The molecule has 0 aliphatic carbocycles. The number of aromatic nitrogens is 5. The highest BCUT2D eigenvalue weighted by Gasteiger charge is 2.14. The van der Waals surface area contributed by atoms with Gasteiger partial charge in [-0.1, -0.05) is 0 Å². The van der Waals surface area contributed by atoms with Gasteiger partial charge in [-0.05, 0) is 6.07 Å². The maximum atomic E-state index is 11.8. The SMILES string of the molecule is COc1cnccc1-c1nc2c([nH]1)c(=O)[nH]c(=O)n2C. The number of H-pyrrole nitrogens is 2. The quantitative estimate of drug-likeness (QED) is 0.684. The average molecular weight is 273 g/mol. The molecule has 3 aromatic heterocycles. The van der Waals surface area contributed by atoms with Crippen molar-refractivity contribution in [2.45, 2.75) is 0 Å². The first-order valence-electron chi connectivity index (χ1n) is 5.79. The number of ether oxygens (including phenoxy) is 1. The van der Waals surface area contributed by atoms with Crippen LogP contribution in [0.3, 0.4) is 0 Å². The predicted molar refractivity (Wildman–Crippen MR) is 71.7 cm³/mol. The second kappa shape index (κ2) is 4.34. The monoisotopic (exact) mass is 273 g/mol. The van der Waals surface area contributed by atoms with Gasteiger partial charge < -0.3 is 9.72 Å². The highest BCUT2D eigenvalue weighted by atomic mass is 16.5. The Hall–Kier alpha value is -2.90. The van der Waals surface area contributed by atoms with Crippen LogP contribution in [-0.2, 0) is 7.05 Å². The minimum atomic E-state index is -0.512. The minimum absolute atomic E-state index is 0.237. The van der Waals surface area contributed by atoms with Crippen LogP contribution in [0.1, 0.15) is 0 Å². The fourth-order valence-electron chi connectivity index (χ4n) is 1.97. The summed E-state index contributed by atoms with van der Waals surface area (Å²) in [4.78, 5) is 36.7. The van der Waals surface area contributed by atoms with E-state index in [0.717, 1.165) is 0 Å². The Balaban J connectivity index is 2.34. The number of hydrogen-bond donors (Lipinski definition) is 2. The Kier molecular flexibility index (Phi) is 2.63. The lowest BCUT2D eigenvalue weighted by Gasteiger charge is -2.03. The summed E-state index contributed by atoms with van der Waals surface area (Å²) in [5.41, 5.74) is 0.163. The van der Waals surface area contributed by atoms with Crippen LogP contribution >= 0.6 is 0 Å². The summed E-state index contributed by atoms with van der Waals surface area (Å²) in [5.74, 6) is 0.957. The van der Waals surface area contributed by atoms with Gasteiger partial charge in [-0.25, -0.2) is 9.78 Å². The van der Waals surface area contributed by atoms with Crippen LogP contribution in [0.2, 0.25) is 0 Å². The van der Waals surface area contributed by atoms with Gasteiger partial charge in [0.1, 0.15) is 17.1 Å². The van der Waals surface area contributed by atoms with E-state index >= 15 is 0 Å². The molecule has 0 unspecified atom stereocenters. The second-order valence-corrected chi connectivity index (χ2v) is 4.18. The van der Waals surface area contributed by atoms with Gasteiger partial charge in [0, 0.05) is 13.2 Å². The van der Waals surface area contributed by atoms with Crippen molar-refractivity contribution in [3.05, 3.63) is 39.3 Å². The predicted octanol–water partition coefficient (Wildman–Crippen LogP) is 0.0205. The van der Waals surface area contributed by atoms with Gasteiger partial charge in [-0.3, -0.25) is 19.3 Å². The lowest BCUT2D eigenvalue weighted by molar-refractivity contribution is 0.414. The zero-order valence-corrected chi connectivity index (χ0v) is 10.8. The van der Waals surface area contributed by atoms with Gasteiger partial charge in [-0.2, -0.15) is 0 Å². The third-order valence-electron chi connectivity index (χ3n) is 3.01. The largest absolute Gasteiger partial charge is 0.494 e. The Labute approximate surface area is 112 Å². The Morgan fingerprint density at radius 1 is 1.30 bits per heavy atom. The molecule has 0 atom stereocenters.